The first-order valence-electron chi connectivity index (χ1n) is 5.52. The Bertz CT molecular complexity index is 664. The molecule has 5 heteroatoms. The normalized spacial score (nSPS) is 11.4. The molecule has 4 nitrogen and oxygen atoms in total. The fraction of sp³-hybridized carbons (Fsp3) is 0.250. The van der Waals surface area contributed by atoms with Crippen LogP contribution in [-0.2, 0) is 6.42 Å². The first-order valence-corrected chi connectivity index (χ1v) is 6.34. The summed E-state index contributed by atoms with van der Waals surface area (Å²) < 4.78 is 7.48. The van der Waals surface area contributed by atoms with Crippen LogP contribution in [0.2, 0.25) is 0 Å². The van der Waals surface area contributed by atoms with Gasteiger partial charge in [0, 0.05) is 4.88 Å². The molecular weight excluding hydrogens is 234 g/mol. The van der Waals surface area contributed by atoms with Gasteiger partial charge in [-0.05, 0) is 25.5 Å². The number of nitrogens with two attached hydrogens (primary N) is 1. The highest BCUT2D eigenvalue weighted by Crippen LogP contribution is 2.35. The number of fused-ring (bicyclic) bond motifs is 1. The Kier molecular flexibility index (Phi) is 2.22. The van der Waals surface area contributed by atoms with Gasteiger partial charge in [-0.25, -0.2) is 4.98 Å². The second kappa shape index (κ2) is 3.63. The minimum atomic E-state index is 0.697. The fourth-order valence-corrected chi connectivity index (χ4v) is 3.10. The Hall–Kier alpha value is -1.75. The minimum Gasteiger partial charge on any atom is -0.463 e. The Morgan fingerprint density at radius 1 is 1.53 bits per heavy atom. The van der Waals surface area contributed by atoms with Gasteiger partial charge < -0.3 is 10.2 Å². The molecule has 0 saturated carbocycles. The predicted octanol–water partition coefficient (Wildman–Crippen LogP) is 3.11. The maximum atomic E-state index is 6.08. The number of anilines is 1. The molecule has 3 heterocycles. The molecule has 0 unspecified atom stereocenters. The minimum absolute atomic E-state index is 0.697. The van der Waals surface area contributed by atoms with E-state index in [4.69, 9.17) is 10.2 Å². The largest absolute Gasteiger partial charge is 0.463 e. The number of rotatable bonds is 2. The highest BCUT2D eigenvalue weighted by atomic mass is 32.1. The maximum absolute atomic E-state index is 6.08. The zero-order valence-corrected chi connectivity index (χ0v) is 10.5. The first kappa shape index (κ1) is 10.4. The second-order valence-electron chi connectivity index (χ2n) is 3.91. The van der Waals surface area contributed by atoms with Gasteiger partial charge in [-0.2, -0.15) is 0 Å². The number of aryl methyl sites for hydroxylation is 2. The average molecular weight is 247 g/mol. The van der Waals surface area contributed by atoms with E-state index in [0.717, 1.165) is 28.5 Å². The Labute approximate surface area is 103 Å². The lowest BCUT2D eigenvalue weighted by molar-refractivity contribution is 0.579. The van der Waals surface area contributed by atoms with Crippen molar-refractivity contribution in [2.24, 2.45) is 0 Å². The molecular formula is C12H13N3OS. The van der Waals surface area contributed by atoms with Crippen LogP contribution in [0.4, 0.5) is 5.82 Å². The molecule has 2 N–H and O–H groups in total. The standard InChI is InChI=1S/C12H13N3OS/c1-3-9-10(8-5-4-6-16-8)15-11(13)7(2)14-12(15)17-9/h4-6H,3,13H2,1-2H3. The molecule has 0 saturated heterocycles. The molecule has 0 bridgehead atoms. The van der Waals surface area contributed by atoms with Gasteiger partial charge in [-0.15, -0.1) is 11.3 Å². The van der Waals surface area contributed by atoms with Crippen molar-refractivity contribution >= 4 is 22.1 Å². The van der Waals surface area contributed by atoms with E-state index >= 15 is 0 Å². The van der Waals surface area contributed by atoms with E-state index in [-0.39, 0.29) is 0 Å². The summed E-state index contributed by atoms with van der Waals surface area (Å²) in [5.74, 6) is 1.54. The topological polar surface area (TPSA) is 56.5 Å². The molecule has 17 heavy (non-hydrogen) atoms. The van der Waals surface area contributed by atoms with E-state index in [0.29, 0.717) is 5.82 Å². The molecule has 0 radical (unpaired) electrons. The Morgan fingerprint density at radius 2 is 2.35 bits per heavy atom. The van der Waals surface area contributed by atoms with Crippen molar-refractivity contribution in [2.75, 3.05) is 5.73 Å². The monoisotopic (exact) mass is 247 g/mol. The van der Waals surface area contributed by atoms with Crippen LogP contribution in [0.1, 0.15) is 17.5 Å². The summed E-state index contributed by atoms with van der Waals surface area (Å²) in [5, 5.41) is 0. The third kappa shape index (κ3) is 1.39. The van der Waals surface area contributed by atoms with E-state index < -0.39 is 0 Å². The number of hydrogen-bond acceptors (Lipinski definition) is 4. The van der Waals surface area contributed by atoms with Crippen molar-refractivity contribution in [1.82, 2.24) is 9.38 Å². The molecule has 0 aliphatic heterocycles. The zero-order chi connectivity index (χ0) is 12.0. The molecule has 88 valence electrons. The van der Waals surface area contributed by atoms with Crippen molar-refractivity contribution < 1.29 is 4.42 Å². The van der Waals surface area contributed by atoms with Gasteiger partial charge >= 0.3 is 0 Å². The summed E-state index contributed by atoms with van der Waals surface area (Å²) in [4.78, 5) is 6.64. The van der Waals surface area contributed by atoms with Gasteiger partial charge in [-0.1, -0.05) is 6.92 Å². The number of nitrogen functional groups attached to an aromatic ring is 1. The maximum Gasteiger partial charge on any atom is 0.196 e. The lowest BCUT2D eigenvalue weighted by atomic mass is 10.2. The van der Waals surface area contributed by atoms with Crippen LogP contribution in [0.15, 0.2) is 22.8 Å². The number of aromatic nitrogens is 2. The molecule has 0 fully saturated rings. The average Bonchev–Trinajstić information content (AvgIpc) is 2.97. The lowest BCUT2D eigenvalue weighted by Gasteiger charge is -2.01. The van der Waals surface area contributed by atoms with Crippen LogP contribution in [0.3, 0.4) is 0 Å². The Morgan fingerprint density at radius 3 is 3.00 bits per heavy atom. The van der Waals surface area contributed by atoms with Crippen molar-refractivity contribution in [2.45, 2.75) is 20.3 Å². The van der Waals surface area contributed by atoms with Crippen LogP contribution in [0, 0.1) is 6.92 Å². The molecule has 3 rings (SSSR count). The Balaban J connectivity index is 2.40. The van der Waals surface area contributed by atoms with E-state index in [9.17, 15) is 0 Å². The molecule has 0 aliphatic carbocycles. The summed E-state index contributed by atoms with van der Waals surface area (Å²) in [5.41, 5.74) is 7.98. The van der Waals surface area contributed by atoms with Gasteiger partial charge in [0.25, 0.3) is 0 Å². The van der Waals surface area contributed by atoms with Gasteiger partial charge in [0.05, 0.1) is 12.0 Å². The molecule has 0 aliphatic rings. The molecule has 0 atom stereocenters. The van der Waals surface area contributed by atoms with E-state index in [2.05, 4.69) is 11.9 Å². The third-order valence-electron chi connectivity index (χ3n) is 2.84. The van der Waals surface area contributed by atoms with Crippen molar-refractivity contribution in [3.8, 4) is 11.5 Å². The summed E-state index contributed by atoms with van der Waals surface area (Å²) in [6, 6.07) is 3.84. The SMILES string of the molecule is CCc1sc2nc(C)c(N)n2c1-c1ccco1. The van der Waals surface area contributed by atoms with Crippen LogP contribution in [0.5, 0.6) is 0 Å². The third-order valence-corrected chi connectivity index (χ3v) is 4.03. The zero-order valence-electron chi connectivity index (χ0n) is 9.73. The summed E-state index contributed by atoms with van der Waals surface area (Å²) in [6.45, 7) is 4.05. The van der Waals surface area contributed by atoms with Gasteiger partial charge in [0.1, 0.15) is 11.5 Å². The number of furan rings is 1. The van der Waals surface area contributed by atoms with Crippen molar-refractivity contribution in [3.05, 3.63) is 29.0 Å². The van der Waals surface area contributed by atoms with Crippen molar-refractivity contribution in [3.63, 3.8) is 0 Å². The van der Waals surface area contributed by atoms with E-state index in [1.807, 2.05) is 23.5 Å². The predicted molar refractivity (Wildman–Crippen MR) is 69.3 cm³/mol. The first-order chi connectivity index (χ1) is 8.22. The van der Waals surface area contributed by atoms with Crippen LogP contribution >= 0.6 is 11.3 Å². The molecule has 0 amide bonds. The quantitative estimate of drug-likeness (QED) is 0.757. The van der Waals surface area contributed by atoms with Crippen LogP contribution in [-0.4, -0.2) is 9.38 Å². The summed E-state index contributed by atoms with van der Waals surface area (Å²) in [7, 11) is 0. The molecule has 3 aromatic heterocycles. The number of nitrogens with zero attached hydrogens (tertiary/aromatic N) is 2. The van der Waals surface area contributed by atoms with Gasteiger partial charge in [0.2, 0.25) is 0 Å². The number of hydrogen-bond donors (Lipinski definition) is 1. The number of imidazole rings is 1. The van der Waals surface area contributed by atoms with E-state index in [1.54, 1.807) is 17.6 Å². The smallest absolute Gasteiger partial charge is 0.196 e. The van der Waals surface area contributed by atoms with Crippen LogP contribution in [0.25, 0.3) is 16.4 Å². The fourth-order valence-electron chi connectivity index (χ4n) is 1.98. The lowest BCUT2D eigenvalue weighted by Crippen LogP contribution is -1.96. The molecule has 0 spiro atoms. The number of thiazole rings is 1. The highest BCUT2D eigenvalue weighted by molar-refractivity contribution is 7.17. The van der Waals surface area contributed by atoms with Gasteiger partial charge in [-0.3, -0.25) is 4.40 Å². The molecule has 3 aromatic rings. The summed E-state index contributed by atoms with van der Waals surface area (Å²) in [6.07, 6.45) is 2.63. The molecule has 0 aromatic carbocycles. The second-order valence-corrected chi connectivity index (χ2v) is 4.97. The van der Waals surface area contributed by atoms with Crippen molar-refractivity contribution in [1.29, 1.82) is 0 Å². The summed E-state index contributed by atoms with van der Waals surface area (Å²) >= 11 is 1.67. The van der Waals surface area contributed by atoms with E-state index in [1.165, 1.54) is 4.88 Å². The van der Waals surface area contributed by atoms with Crippen LogP contribution < -0.4 is 5.73 Å². The highest BCUT2D eigenvalue weighted by Gasteiger charge is 2.19. The van der Waals surface area contributed by atoms with Gasteiger partial charge in [0.15, 0.2) is 10.7 Å².